The molecule has 2 aromatic carbocycles. The number of nitrogens with two attached hydrogens (primary N) is 1. The molecule has 0 saturated heterocycles. The summed E-state index contributed by atoms with van der Waals surface area (Å²) in [6.07, 6.45) is 1.54. The van der Waals surface area contributed by atoms with Crippen molar-refractivity contribution >= 4 is 0 Å². The Morgan fingerprint density at radius 3 is 2.52 bits per heavy atom. The number of halogens is 1. The van der Waals surface area contributed by atoms with E-state index in [9.17, 15) is 4.39 Å². The zero-order valence-corrected chi connectivity index (χ0v) is 12.4. The first kappa shape index (κ1) is 15.5. The molecule has 0 amide bonds. The fourth-order valence-corrected chi connectivity index (χ4v) is 2.35. The summed E-state index contributed by atoms with van der Waals surface area (Å²) in [7, 11) is 1.46. The van der Waals surface area contributed by atoms with Crippen LogP contribution in [0.4, 0.5) is 4.39 Å². The van der Waals surface area contributed by atoms with Crippen molar-refractivity contribution in [2.24, 2.45) is 5.84 Å². The highest BCUT2D eigenvalue weighted by Crippen LogP contribution is 2.27. The molecule has 4 heteroatoms. The van der Waals surface area contributed by atoms with Crippen molar-refractivity contribution in [3.8, 4) is 5.75 Å². The van der Waals surface area contributed by atoms with E-state index in [-0.39, 0.29) is 17.6 Å². The van der Waals surface area contributed by atoms with Gasteiger partial charge in [0.2, 0.25) is 0 Å². The van der Waals surface area contributed by atoms with Crippen LogP contribution >= 0.6 is 0 Å². The first-order valence-electron chi connectivity index (χ1n) is 6.99. The molecule has 3 N–H and O–H groups in total. The number of methoxy groups -OCH3 is 1. The number of aryl methyl sites for hydroxylation is 2. The van der Waals surface area contributed by atoms with Gasteiger partial charge in [-0.15, -0.1) is 0 Å². The van der Waals surface area contributed by atoms with E-state index in [0.29, 0.717) is 12.0 Å². The van der Waals surface area contributed by atoms with Crippen LogP contribution in [0.3, 0.4) is 0 Å². The van der Waals surface area contributed by atoms with Crippen molar-refractivity contribution in [1.29, 1.82) is 0 Å². The van der Waals surface area contributed by atoms with Gasteiger partial charge in [-0.1, -0.05) is 42.0 Å². The van der Waals surface area contributed by atoms with Crippen molar-refractivity contribution in [3.05, 3.63) is 65.0 Å². The minimum Gasteiger partial charge on any atom is -0.494 e. The third kappa shape index (κ3) is 3.80. The lowest BCUT2D eigenvalue weighted by atomic mass is 9.98. The predicted molar refractivity (Wildman–Crippen MR) is 82.5 cm³/mol. The number of hydrogen-bond donors (Lipinski definition) is 2. The maximum absolute atomic E-state index is 14.3. The van der Waals surface area contributed by atoms with Crippen LogP contribution in [-0.2, 0) is 6.42 Å². The molecule has 2 rings (SSSR count). The Hall–Kier alpha value is -1.91. The van der Waals surface area contributed by atoms with E-state index in [4.69, 9.17) is 10.6 Å². The Balaban J connectivity index is 2.11. The van der Waals surface area contributed by atoms with Gasteiger partial charge < -0.3 is 4.74 Å². The second kappa shape index (κ2) is 7.20. The summed E-state index contributed by atoms with van der Waals surface area (Å²) in [5, 5.41) is 0. The molecule has 0 saturated carbocycles. The molecule has 21 heavy (non-hydrogen) atoms. The monoisotopic (exact) mass is 288 g/mol. The maximum atomic E-state index is 14.3. The lowest BCUT2D eigenvalue weighted by Crippen LogP contribution is -2.29. The van der Waals surface area contributed by atoms with E-state index in [0.717, 1.165) is 6.42 Å². The van der Waals surface area contributed by atoms with Crippen molar-refractivity contribution in [2.75, 3.05) is 7.11 Å². The van der Waals surface area contributed by atoms with Gasteiger partial charge in [-0.05, 0) is 31.4 Å². The van der Waals surface area contributed by atoms with Gasteiger partial charge in [-0.3, -0.25) is 11.3 Å². The van der Waals surface area contributed by atoms with Gasteiger partial charge in [-0.25, -0.2) is 4.39 Å². The summed E-state index contributed by atoms with van der Waals surface area (Å²) >= 11 is 0. The van der Waals surface area contributed by atoms with Crippen LogP contribution in [0, 0.1) is 12.7 Å². The second-order valence-corrected chi connectivity index (χ2v) is 5.11. The Labute approximate surface area is 124 Å². The first-order chi connectivity index (χ1) is 10.2. The highest BCUT2D eigenvalue weighted by Gasteiger charge is 2.17. The van der Waals surface area contributed by atoms with Crippen LogP contribution in [-0.4, -0.2) is 7.11 Å². The van der Waals surface area contributed by atoms with Crippen LogP contribution in [0.15, 0.2) is 42.5 Å². The quantitative estimate of drug-likeness (QED) is 0.633. The lowest BCUT2D eigenvalue weighted by molar-refractivity contribution is 0.378. The van der Waals surface area contributed by atoms with Gasteiger partial charge in [0.25, 0.3) is 0 Å². The molecule has 0 aliphatic rings. The molecule has 3 nitrogen and oxygen atoms in total. The fraction of sp³-hybridized carbons (Fsp3) is 0.294. The highest BCUT2D eigenvalue weighted by molar-refractivity contribution is 5.33. The number of rotatable bonds is 6. The summed E-state index contributed by atoms with van der Waals surface area (Å²) in [6.45, 7) is 2.06. The summed E-state index contributed by atoms with van der Waals surface area (Å²) in [6, 6.07) is 13.2. The van der Waals surface area contributed by atoms with Crippen molar-refractivity contribution in [3.63, 3.8) is 0 Å². The minimum atomic E-state index is -0.355. The van der Waals surface area contributed by atoms with Gasteiger partial charge in [0.15, 0.2) is 11.6 Å². The number of nitrogens with one attached hydrogen (secondary N) is 1. The largest absolute Gasteiger partial charge is 0.494 e. The van der Waals surface area contributed by atoms with Crippen LogP contribution in [0.2, 0.25) is 0 Å². The first-order valence-corrected chi connectivity index (χ1v) is 6.99. The molecule has 112 valence electrons. The van der Waals surface area contributed by atoms with Gasteiger partial charge in [0, 0.05) is 11.6 Å². The summed E-state index contributed by atoms with van der Waals surface area (Å²) < 4.78 is 19.3. The lowest BCUT2D eigenvalue weighted by Gasteiger charge is -2.18. The minimum absolute atomic E-state index is 0.239. The molecule has 0 aliphatic carbocycles. The number of benzene rings is 2. The summed E-state index contributed by atoms with van der Waals surface area (Å²) in [5.41, 5.74) is 5.67. The average Bonchev–Trinajstić information content (AvgIpc) is 2.51. The predicted octanol–water partition coefficient (Wildman–Crippen LogP) is 3.28. The van der Waals surface area contributed by atoms with Gasteiger partial charge in [-0.2, -0.15) is 0 Å². The Morgan fingerprint density at radius 1 is 1.19 bits per heavy atom. The number of hydrogen-bond acceptors (Lipinski definition) is 3. The molecule has 1 unspecified atom stereocenters. The normalized spacial score (nSPS) is 12.2. The van der Waals surface area contributed by atoms with E-state index in [1.165, 1.54) is 18.2 Å². The number of ether oxygens (including phenoxy) is 1. The van der Waals surface area contributed by atoms with E-state index >= 15 is 0 Å². The molecule has 0 fully saturated rings. The van der Waals surface area contributed by atoms with Gasteiger partial charge >= 0.3 is 0 Å². The molecule has 0 aromatic heterocycles. The molecular weight excluding hydrogens is 267 g/mol. The molecule has 0 bridgehead atoms. The highest BCUT2D eigenvalue weighted by atomic mass is 19.1. The standard InChI is InChI=1S/C17H21FN2O/c1-12-6-8-13(9-7-12)10-11-15(20-19)14-4-3-5-16(21-2)17(14)18/h3-9,15,20H,10-11,19H2,1-2H3. The van der Waals surface area contributed by atoms with E-state index in [1.807, 2.05) is 0 Å². The zero-order valence-electron chi connectivity index (χ0n) is 12.4. The fourth-order valence-electron chi connectivity index (χ4n) is 2.35. The zero-order chi connectivity index (χ0) is 15.2. The van der Waals surface area contributed by atoms with Crippen LogP contribution in [0.25, 0.3) is 0 Å². The van der Waals surface area contributed by atoms with Crippen molar-refractivity contribution in [1.82, 2.24) is 5.43 Å². The van der Waals surface area contributed by atoms with E-state index < -0.39 is 0 Å². The third-order valence-electron chi connectivity index (χ3n) is 3.63. The average molecular weight is 288 g/mol. The summed E-state index contributed by atoms with van der Waals surface area (Å²) in [5.74, 6) is 5.48. The Morgan fingerprint density at radius 2 is 1.90 bits per heavy atom. The van der Waals surface area contributed by atoms with Crippen LogP contribution in [0.5, 0.6) is 5.75 Å². The molecule has 1 atom stereocenters. The second-order valence-electron chi connectivity index (χ2n) is 5.11. The topological polar surface area (TPSA) is 47.3 Å². The van der Waals surface area contributed by atoms with Crippen LogP contribution in [0.1, 0.15) is 29.2 Å². The van der Waals surface area contributed by atoms with Gasteiger partial charge in [0.1, 0.15) is 0 Å². The van der Waals surface area contributed by atoms with E-state index in [1.54, 1.807) is 18.2 Å². The summed E-state index contributed by atoms with van der Waals surface area (Å²) in [4.78, 5) is 0. The van der Waals surface area contributed by atoms with Gasteiger partial charge in [0.05, 0.1) is 7.11 Å². The number of hydrazine groups is 1. The van der Waals surface area contributed by atoms with Crippen molar-refractivity contribution in [2.45, 2.75) is 25.8 Å². The maximum Gasteiger partial charge on any atom is 0.169 e. The SMILES string of the molecule is COc1cccc(C(CCc2ccc(C)cc2)NN)c1F. The molecule has 0 heterocycles. The van der Waals surface area contributed by atoms with Crippen molar-refractivity contribution < 1.29 is 9.13 Å². The molecule has 0 radical (unpaired) electrons. The smallest absolute Gasteiger partial charge is 0.169 e. The Kier molecular flexibility index (Phi) is 5.31. The van der Waals surface area contributed by atoms with Crippen LogP contribution < -0.4 is 16.0 Å². The molecular formula is C17H21FN2O. The van der Waals surface area contributed by atoms with E-state index in [2.05, 4.69) is 36.6 Å². The Bertz CT molecular complexity index is 584. The molecule has 0 aliphatic heterocycles. The third-order valence-corrected chi connectivity index (χ3v) is 3.63. The molecule has 2 aromatic rings. The molecule has 0 spiro atoms.